The maximum atomic E-state index is 6.41. The monoisotopic (exact) mass is 1170 g/mol. The number of fused-ring (bicyclic) bond motifs is 21. The molecule has 0 saturated carbocycles. The molecule has 21 aromatic rings. The summed E-state index contributed by atoms with van der Waals surface area (Å²) in [5.41, 5.74) is 20.1. The van der Waals surface area contributed by atoms with Crippen molar-refractivity contribution in [1.29, 1.82) is 0 Å². The Morgan fingerprint density at radius 2 is 0.554 bits per heavy atom. The van der Waals surface area contributed by atoms with E-state index in [1.54, 1.807) is 0 Å². The summed E-state index contributed by atoms with van der Waals surface area (Å²) in [5, 5.41) is 19.3. The van der Waals surface area contributed by atoms with Crippen molar-refractivity contribution < 1.29 is 8.83 Å². The molecule has 92 heavy (non-hydrogen) atoms. The average Bonchev–Trinajstić information content (AvgIpc) is 1.55. The first kappa shape index (κ1) is 50.6. The number of furan rings is 2. The van der Waals surface area contributed by atoms with Crippen molar-refractivity contribution in [3.05, 3.63) is 315 Å². The van der Waals surface area contributed by atoms with Gasteiger partial charge in [-0.1, -0.05) is 200 Å². The van der Waals surface area contributed by atoms with Crippen molar-refractivity contribution in [1.82, 2.24) is 18.3 Å². The van der Waals surface area contributed by atoms with Gasteiger partial charge >= 0.3 is 0 Å². The van der Waals surface area contributed by atoms with Crippen LogP contribution in [-0.2, 0) is 0 Å². The van der Waals surface area contributed by atoms with E-state index in [-0.39, 0.29) is 0 Å². The van der Waals surface area contributed by atoms with Crippen LogP contribution in [0.4, 0.5) is 0 Å². The van der Waals surface area contributed by atoms with E-state index < -0.39 is 0 Å². The minimum Gasteiger partial charge on any atom is -0.456 e. The van der Waals surface area contributed by atoms with Gasteiger partial charge in [0.05, 0.1) is 49.8 Å². The van der Waals surface area contributed by atoms with Crippen LogP contribution in [-0.4, -0.2) is 18.3 Å². The Morgan fingerprint density at radius 3 is 1.13 bits per heavy atom. The molecule has 6 heterocycles. The second-order valence-corrected chi connectivity index (χ2v) is 24.3. The zero-order valence-corrected chi connectivity index (χ0v) is 49.6. The fourth-order valence-corrected chi connectivity index (χ4v) is 15.3. The van der Waals surface area contributed by atoms with Crippen molar-refractivity contribution in [2.24, 2.45) is 0 Å². The lowest BCUT2D eigenvalue weighted by Gasteiger charge is -2.14. The predicted molar refractivity (Wildman–Crippen MR) is 385 cm³/mol. The minimum absolute atomic E-state index is 0.910. The third-order valence-electron chi connectivity index (χ3n) is 19.3. The third-order valence-corrected chi connectivity index (χ3v) is 19.3. The third kappa shape index (κ3) is 7.43. The van der Waals surface area contributed by atoms with Gasteiger partial charge in [-0.25, -0.2) is 0 Å². The maximum Gasteiger partial charge on any atom is 0.136 e. The summed E-state index contributed by atoms with van der Waals surface area (Å²) >= 11 is 0. The van der Waals surface area contributed by atoms with Gasteiger partial charge in [-0.2, -0.15) is 0 Å². The van der Waals surface area contributed by atoms with E-state index in [9.17, 15) is 0 Å². The lowest BCUT2D eigenvalue weighted by Crippen LogP contribution is -1.97. The topological polar surface area (TPSA) is 46.0 Å². The maximum absolute atomic E-state index is 6.41. The van der Waals surface area contributed by atoms with E-state index in [0.717, 1.165) is 66.5 Å². The van der Waals surface area contributed by atoms with E-state index in [0.29, 0.717) is 0 Å². The van der Waals surface area contributed by atoms with Crippen LogP contribution in [0.1, 0.15) is 0 Å². The van der Waals surface area contributed by atoms with Crippen LogP contribution in [0.25, 0.3) is 187 Å². The Balaban J connectivity index is 0.000000128. The number of benzene rings is 15. The van der Waals surface area contributed by atoms with Crippen molar-refractivity contribution in [2.75, 3.05) is 0 Å². The highest BCUT2D eigenvalue weighted by atomic mass is 16.3. The molecule has 6 aromatic heterocycles. The van der Waals surface area contributed by atoms with Crippen molar-refractivity contribution in [2.45, 2.75) is 0 Å². The lowest BCUT2D eigenvalue weighted by atomic mass is 10.00. The zero-order valence-electron chi connectivity index (χ0n) is 49.6. The molecule has 0 saturated heterocycles. The lowest BCUT2D eigenvalue weighted by molar-refractivity contribution is 0.669. The Kier molecular flexibility index (Phi) is 10.8. The normalized spacial score (nSPS) is 12.1. The Hall–Kier alpha value is -12.4. The first-order valence-electron chi connectivity index (χ1n) is 31.5. The summed E-state index contributed by atoms with van der Waals surface area (Å²) in [4.78, 5) is 0. The average molecular weight is 1170 g/mol. The first-order chi connectivity index (χ1) is 45.6. The van der Waals surface area contributed by atoms with E-state index in [1.165, 1.54) is 120 Å². The van der Waals surface area contributed by atoms with E-state index in [1.807, 2.05) is 12.1 Å². The van der Waals surface area contributed by atoms with Gasteiger partial charge in [0.25, 0.3) is 0 Å². The van der Waals surface area contributed by atoms with Crippen LogP contribution < -0.4 is 0 Å². The van der Waals surface area contributed by atoms with Gasteiger partial charge < -0.3 is 27.1 Å². The van der Waals surface area contributed by atoms with Gasteiger partial charge in [0.1, 0.15) is 22.3 Å². The summed E-state index contributed by atoms with van der Waals surface area (Å²) < 4.78 is 22.5. The van der Waals surface area contributed by atoms with Crippen molar-refractivity contribution in [3.63, 3.8) is 0 Å². The van der Waals surface area contributed by atoms with Gasteiger partial charge in [-0.3, -0.25) is 0 Å². The smallest absolute Gasteiger partial charge is 0.136 e. The molecule has 0 N–H and O–H groups in total. The molecule has 0 aliphatic rings. The molecule has 0 spiro atoms. The van der Waals surface area contributed by atoms with E-state index in [2.05, 4.69) is 322 Å². The van der Waals surface area contributed by atoms with Crippen LogP contribution in [0.3, 0.4) is 0 Å². The first-order valence-corrected chi connectivity index (χ1v) is 31.5. The molecule has 0 bridgehead atoms. The molecular formula is C86H52N4O2. The molecule has 6 heteroatoms. The van der Waals surface area contributed by atoms with Gasteiger partial charge in [0.2, 0.25) is 0 Å². The number of hydrogen-bond acceptors (Lipinski definition) is 2. The predicted octanol–water partition coefficient (Wildman–Crippen LogP) is 23.5. The largest absolute Gasteiger partial charge is 0.456 e. The highest BCUT2D eigenvalue weighted by molar-refractivity contribution is 6.25. The number of nitrogens with zero attached hydrogens (tertiary/aromatic N) is 4. The summed E-state index contributed by atoms with van der Waals surface area (Å²) in [6.45, 7) is 0. The number of hydrogen-bond donors (Lipinski definition) is 0. The summed E-state index contributed by atoms with van der Waals surface area (Å²) in [6.07, 6.45) is 0. The SMILES string of the molecule is c1ccc(-c2cccc(-n3c4cc5c(cc4c4cc6c7ccccc7n(-c7ccccc7)c6cc43)oc3ccccc35)c2)cc1.c1ccc(-n2c3cc4c(cc3c3cc5c6ccccc6n(-c6cc7ccccc7c7ccccc67)c5cc32)oc2ccccc24)cc1. The molecule has 0 aliphatic carbocycles. The Bertz CT molecular complexity index is 6610. The van der Waals surface area contributed by atoms with Crippen LogP contribution in [0.2, 0.25) is 0 Å². The van der Waals surface area contributed by atoms with Crippen LogP contribution in [0, 0.1) is 0 Å². The van der Waals surface area contributed by atoms with Crippen molar-refractivity contribution in [3.8, 4) is 33.9 Å². The molecular weight excluding hydrogens is 1120 g/mol. The van der Waals surface area contributed by atoms with Crippen molar-refractivity contribution >= 4 is 153 Å². The van der Waals surface area contributed by atoms with E-state index in [4.69, 9.17) is 8.83 Å². The number of para-hydroxylation sites is 6. The molecule has 21 rings (SSSR count). The highest BCUT2D eigenvalue weighted by Crippen LogP contribution is 2.46. The molecule has 428 valence electrons. The molecule has 0 unspecified atom stereocenters. The zero-order chi connectivity index (χ0) is 60.1. The van der Waals surface area contributed by atoms with Gasteiger partial charge in [-0.15, -0.1) is 0 Å². The highest BCUT2D eigenvalue weighted by Gasteiger charge is 2.24. The standard InChI is InChI=1S/C44H26N2O.C42H26N2O/c1-2-13-28(14-3-1)45-40-24-37-33-19-9-11-21-43(33)47-44(37)25-36(40)35-23-34-32-18-8-10-20-38(32)46(42(34)26-41(35)45)39-22-27-12-4-5-15-29(27)30-16-6-7-17-31(30)39;1-3-12-27(13-4-1)28-14-11-17-30(22-28)44-38-24-36-32-19-8-10-21-41(32)45-42(36)25-35(38)34-23-33-31-18-7-9-20-37(31)43(39(33)26-40(34)44)29-15-5-2-6-16-29/h1-26H;1-26H. The molecule has 15 aromatic carbocycles. The van der Waals surface area contributed by atoms with Crippen LogP contribution in [0.15, 0.2) is 324 Å². The second-order valence-electron chi connectivity index (χ2n) is 24.3. The summed E-state index contributed by atoms with van der Waals surface area (Å²) in [6, 6.07) is 114. The van der Waals surface area contributed by atoms with Gasteiger partial charge in [0.15, 0.2) is 0 Å². The van der Waals surface area contributed by atoms with Gasteiger partial charge in [0, 0.05) is 87.1 Å². The summed E-state index contributed by atoms with van der Waals surface area (Å²) in [7, 11) is 0. The fourth-order valence-electron chi connectivity index (χ4n) is 15.3. The molecule has 6 nitrogen and oxygen atoms in total. The second kappa shape index (κ2) is 19.6. The minimum atomic E-state index is 0.910. The molecule has 0 amide bonds. The van der Waals surface area contributed by atoms with E-state index >= 15 is 0 Å². The van der Waals surface area contributed by atoms with Crippen LogP contribution in [0.5, 0.6) is 0 Å². The van der Waals surface area contributed by atoms with Crippen LogP contribution >= 0.6 is 0 Å². The molecule has 0 atom stereocenters. The molecule has 0 aliphatic heterocycles. The van der Waals surface area contributed by atoms with Gasteiger partial charge in [-0.05, 0) is 143 Å². The molecule has 0 fully saturated rings. The number of aromatic nitrogens is 4. The summed E-state index contributed by atoms with van der Waals surface area (Å²) in [5.74, 6) is 0. The Morgan fingerprint density at radius 1 is 0.174 bits per heavy atom. The quantitative estimate of drug-likeness (QED) is 0.161. The fraction of sp³-hybridized carbons (Fsp3) is 0. The molecule has 0 radical (unpaired) electrons. The Labute approximate surface area is 526 Å². The number of rotatable bonds is 5.